The van der Waals surface area contributed by atoms with Gasteiger partial charge < -0.3 is 0 Å². The maximum absolute atomic E-state index is 9.95. The minimum atomic E-state index is -0.219. The topological polar surface area (TPSA) is 17.1 Å². The van der Waals surface area contributed by atoms with Gasteiger partial charge in [-0.15, -0.1) is 11.6 Å². The molecule has 1 aromatic rings. The first kappa shape index (κ1) is 11.6. The van der Waals surface area contributed by atoms with Crippen molar-refractivity contribution >= 4 is 17.9 Å². The standard InChI is InChI=1S/C13H11ClO/c14-13(9-5-2-6-10-15)11-12-7-3-1-4-8-12/h1-4,6-8,10,13H,11H2. The van der Waals surface area contributed by atoms with Crippen LogP contribution in [-0.4, -0.2) is 11.7 Å². The molecular weight excluding hydrogens is 208 g/mol. The van der Waals surface area contributed by atoms with E-state index in [1.54, 1.807) is 0 Å². The lowest BCUT2D eigenvalue weighted by molar-refractivity contribution is -0.104. The summed E-state index contributed by atoms with van der Waals surface area (Å²) in [5.41, 5.74) is 1.16. The molecule has 0 aliphatic heterocycles. The van der Waals surface area contributed by atoms with Crippen LogP contribution in [0.5, 0.6) is 0 Å². The Kier molecular flexibility index (Phi) is 5.29. The van der Waals surface area contributed by atoms with Gasteiger partial charge in [-0.2, -0.15) is 0 Å². The van der Waals surface area contributed by atoms with E-state index in [9.17, 15) is 4.79 Å². The largest absolute Gasteiger partial charge is 0.299 e. The van der Waals surface area contributed by atoms with E-state index in [-0.39, 0.29) is 5.38 Å². The second kappa shape index (κ2) is 6.86. The minimum Gasteiger partial charge on any atom is -0.299 e. The van der Waals surface area contributed by atoms with Crippen LogP contribution in [0.15, 0.2) is 42.5 Å². The number of halogens is 1. The SMILES string of the molecule is O=CC=CC#CC(Cl)Cc1ccccc1. The number of hydrogen-bond acceptors (Lipinski definition) is 1. The summed E-state index contributed by atoms with van der Waals surface area (Å²) >= 11 is 6.00. The number of aldehydes is 1. The molecule has 0 saturated carbocycles. The van der Waals surface area contributed by atoms with Crippen LogP contribution in [0.25, 0.3) is 0 Å². The van der Waals surface area contributed by atoms with Crippen molar-refractivity contribution in [3.8, 4) is 11.8 Å². The highest BCUT2D eigenvalue weighted by molar-refractivity contribution is 6.22. The monoisotopic (exact) mass is 218 g/mol. The quantitative estimate of drug-likeness (QED) is 0.330. The van der Waals surface area contributed by atoms with E-state index in [2.05, 4.69) is 11.8 Å². The first-order chi connectivity index (χ1) is 7.33. The van der Waals surface area contributed by atoms with E-state index in [0.717, 1.165) is 5.56 Å². The van der Waals surface area contributed by atoms with Crippen LogP contribution in [-0.2, 0) is 11.2 Å². The van der Waals surface area contributed by atoms with E-state index >= 15 is 0 Å². The number of carbonyl (C=O) groups excluding carboxylic acids is 1. The van der Waals surface area contributed by atoms with Gasteiger partial charge in [-0.05, 0) is 24.1 Å². The molecule has 1 atom stereocenters. The van der Waals surface area contributed by atoms with Crippen molar-refractivity contribution in [2.75, 3.05) is 0 Å². The van der Waals surface area contributed by atoms with Gasteiger partial charge in [0.25, 0.3) is 0 Å². The fraction of sp³-hybridized carbons (Fsp3) is 0.154. The average molecular weight is 219 g/mol. The molecule has 1 rings (SSSR count). The summed E-state index contributed by atoms with van der Waals surface area (Å²) in [7, 11) is 0. The van der Waals surface area contributed by atoms with Crippen molar-refractivity contribution in [2.24, 2.45) is 0 Å². The normalized spacial score (nSPS) is 11.8. The molecule has 1 aromatic carbocycles. The highest BCUT2D eigenvalue weighted by Gasteiger charge is 2.00. The fourth-order valence-electron chi connectivity index (χ4n) is 1.10. The van der Waals surface area contributed by atoms with Gasteiger partial charge in [-0.3, -0.25) is 4.79 Å². The van der Waals surface area contributed by atoms with Crippen molar-refractivity contribution in [1.29, 1.82) is 0 Å². The third-order valence-electron chi connectivity index (χ3n) is 1.76. The number of carbonyl (C=O) groups is 1. The molecule has 76 valence electrons. The summed E-state index contributed by atoms with van der Waals surface area (Å²) < 4.78 is 0. The fourth-order valence-corrected chi connectivity index (χ4v) is 1.34. The summed E-state index contributed by atoms with van der Waals surface area (Å²) in [6.07, 6.45) is 4.24. The smallest absolute Gasteiger partial charge is 0.143 e. The van der Waals surface area contributed by atoms with Crippen LogP contribution >= 0.6 is 11.6 Å². The highest BCUT2D eigenvalue weighted by atomic mass is 35.5. The Labute approximate surface area is 94.8 Å². The average Bonchev–Trinajstić information content (AvgIpc) is 2.26. The molecule has 0 radical (unpaired) electrons. The molecule has 0 aromatic heterocycles. The lowest BCUT2D eigenvalue weighted by atomic mass is 10.1. The maximum Gasteiger partial charge on any atom is 0.143 e. The Bertz CT molecular complexity index is 384. The van der Waals surface area contributed by atoms with Gasteiger partial charge in [-0.1, -0.05) is 42.2 Å². The minimum absolute atomic E-state index is 0.219. The van der Waals surface area contributed by atoms with Gasteiger partial charge in [0.05, 0.1) is 5.38 Å². The van der Waals surface area contributed by atoms with Crippen LogP contribution in [0.2, 0.25) is 0 Å². The number of alkyl halides is 1. The van der Waals surface area contributed by atoms with E-state index in [4.69, 9.17) is 11.6 Å². The van der Waals surface area contributed by atoms with Gasteiger partial charge in [-0.25, -0.2) is 0 Å². The Hall–Kier alpha value is -1.52. The third kappa shape index (κ3) is 5.05. The molecule has 0 bridgehead atoms. The molecule has 0 heterocycles. The van der Waals surface area contributed by atoms with Gasteiger partial charge in [0.15, 0.2) is 0 Å². The lowest BCUT2D eigenvalue weighted by Gasteiger charge is -2.00. The van der Waals surface area contributed by atoms with Crippen molar-refractivity contribution in [3.63, 3.8) is 0 Å². The molecule has 0 amide bonds. The Balaban J connectivity index is 2.48. The zero-order valence-corrected chi connectivity index (χ0v) is 8.95. The van der Waals surface area contributed by atoms with E-state index in [1.807, 2.05) is 30.3 Å². The molecule has 15 heavy (non-hydrogen) atoms. The predicted octanol–water partition coefficient (Wildman–Crippen LogP) is 2.60. The van der Waals surface area contributed by atoms with E-state index < -0.39 is 0 Å². The Morgan fingerprint density at radius 2 is 2.07 bits per heavy atom. The molecular formula is C13H11ClO. The summed E-state index contributed by atoms with van der Waals surface area (Å²) in [6.45, 7) is 0. The van der Waals surface area contributed by atoms with Gasteiger partial charge in [0, 0.05) is 0 Å². The Morgan fingerprint density at radius 3 is 2.73 bits per heavy atom. The van der Waals surface area contributed by atoms with Crippen LogP contribution in [0.1, 0.15) is 5.56 Å². The number of benzene rings is 1. The first-order valence-corrected chi connectivity index (χ1v) is 5.06. The first-order valence-electron chi connectivity index (χ1n) is 4.62. The molecule has 1 unspecified atom stereocenters. The molecule has 0 spiro atoms. The molecule has 0 aliphatic carbocycles. The van der Waals surface area contributed by atoms with Crippen molar-refractivity contribution in [2.45, 2.75) is 11.8 Å². The molecule has 2 heteroatoms. The zero-order chi connectivity index (χ0) is 10.9. The van der Waals surface area contributed by atoms with Crippen molar-refractivity contribution < 1.29 is 4.79 Å². The molecule has 0 N–H and O–H groups in total. The Morgan fingerprint density at radius 1 is 1.33 bits per heavy atom. The van der Waals surface area contributed by atoms with Crippen LogP contribution < -0.4 is 0 Å². The van der Waals surface area contributed by atoms with Crippen molar-refractivity contribution in [1.82, 2.24) is 0 Å². The van der Waals surface area contributed by atoms with Gasteiger partial charge >= 0.3 is 0 Å². The molecule has 0 aliphatic rings. The third-order valence-corrected chi connectivity index (χ3v) is 2.02. The van der Waals surface area contributed by atoms with Crippen molar-refractivity contribution in [3.05, 3.63) is 48.0 Å². The van der Waals surface area contributed by atoms with E-state index in [1.165, 1.54) is 12.2 Å². The number of allylic oxidation sites excluding steroid dienone is 2. The van der Waals surface area contributed by atoms with Gasteiger partial charge in [0.1, 0.15) is 6.29 Å². The van der Waals surface area contributed by atoms with Crippen LogP contribution in [0.3, 0.4) is 0 Å². The second-order valence-corrected chi connectivity index (χ2v) is 3.47. The molecule has 1 nitrogen and oxygen atoms in total. The number of hydrogen-bond donors (Lipinski definition) is 0. The second-order valence-electron chi connectivity index (χ2n) is 2.94. The predicted molar refractivity (Wildman–Crippen MR) is 62.8 cm³/mol. The van der Waals surface area contributed by atoms with Crippen LogP contribution in [0.4, 0.5) is 0 Å². The summed E-state index contributed by atoms with van der Waals surface area (Å²) in [5, 5.41) is -0.219. The zero-order valence-electron chi connectivity index (χ0n) is 8.19. The van der Waals surface area contributed by atoms with E-state index in [0.29, 0.717) is 12.7 Å². The molecule has 0 fully saturated rings. The number of rotatable bonds is 3. The maximum atomic E-state index is 9.95. The lowest BCUT2D eigenvalue weighted by Crippen LogP contribution is -1.99. The molecule has 0 saturated heterocycles. The van der Waals surface area contributed by atoms with Gasteiger partial charge in [0.2, 0.25) is 0 Å². The summed E-state index contributed by atoms with van der Waals surface area (Å²) in [4.78, 5) is 9.95. The summed E-state index contributed by atoms with van der Waals surface area (Å²) in [5.74, 6) is 5.55. The van der Waals surface area contributed by atoms with Crippen LogP contribution in [0, 0.1) is 11.8 Å². The summed E-state index contributed by atoms with van der Waals surface area (Å²) in [6, 6.07) is 9.93. The highest BCUT2D eigenvalue weighted by Crippen LogP contribution is 2.06.